The summed E-state index contributed by atoms with van der Waals surface area (Å²) in [6.07, 6.45) is 0.139. The molecule has 1 saturated heterocycles. The van der Waals surface area contributed by atoms with Crippen LogP contribution < -0.4 is 0 Å². The average molecular weight is 300 g/mol. The van der Waals surface area contributed by atoms with Crippen LogP contribution in [0.15, 0.2) is 35.2 Å². The van der Waals surface area contributed by atoms with Gasteiger partial charge in [0, 0.05) is 18.0 Å². The molecule has 8 heteroatoms. The summed E-state index contributed by atoms with van der Waals surface area (Å²) in [7, 11) is -3.59. The molecule has 20 heavy (non-hydrogen) atoms. The highest BCUT2D eigenvalue weighted by Gasteiger charge is 2.40. The summed E-state index contributed by atoms with van der Waals surface area (Å²) in [6, 6.07) is 8.02. The fourth-order valence-electron chi connectivity index (χ4n) is 2.28. The summed E-state index contributed by atoms with van der Waals surface area (Å²) >= 11 is 0. The molecule has 0 radical (unpaired) electrons. The molecule has 110 valence electrons. The van der Waals surface area contributed by atoms with Crippen LogP contribution in [0, 0.1) is 10.1 Å². The van der Waals surface area contributed by atoms with Gasteiger partial charge in [-0.2, -0.15) is 4.31 Å². The van der Waals surface area contributed by atoms with E-state index in [1.54, 1.807) is 18.2 Å². The molecule has 0 saturated carbocycles. The molecule has 7 nitrogen and oxygen atoms in total. The lowest BCUT2D eigenvalue weighted by Crippen LogP contribution is -2.49. The van der Waals surface area contributed by atoms with Crippen molar-refractivity contribution in [2.24, 2.45) is 0 Å². The topological polar surface area (TPSA) is 101 Å². The van der Waals surface area contributed by atoms with E-state index in [1.807, 2.05) is 0 Å². The van der Waals surface area contributed by atoms with Crippen LogP contribution in [0.4, 0.5) is 0 Å². The van der Waals surface area contributed by atoms with Crippen LogP contribution in [-0.2, 0) is 10.0 Å². The van der Waals surface area contributed by atoms with Crippen LogP contribution in [0.1, 0.15) is 12.8 Å². The van der Waals surface area contributed by atoms with E-state index >= 15 is 0 Å². The third-order valence-electron chi connectivity index (χ3n) is 3.46. The van der Waals surface area contributed by atoms with Crippen molar-refractivity contribution < 1.29 is 18.4 Å². The molecule has 0 bridgehead atoms. The molecule has 0 unspecified atom stereocenters. The first-order valence-electron chi connectivity index (χ1n) is 6.23. The number of benzene rings is 1. The lowest BCUT2D eigenvalue weighted by Gasteiger charge is -2.34. The third kappa shape index (κ3) is 3.14. The van der Waals surface area contributed by atoms with Gasteiger partial charge in [0.1, 0.15) is 5.60 Å². The quantitative estimate of drug-likeness (QED) is 0.644. The van der Waals surface area contributed by atoms with Crippen molar-refractivity contribution in [1.29, 1.82) is 0 Å². The smallest absolute Gasteiger partial charge is 0.243 e. The highest BCUT2D eigenvalue weighted by Crippen LogP contribution is 2.26. The summed E-state index contributed by atoms with van der Waals surface area (Å²) in [5.41, 5.74) is -1.41. The second kappa shape index (κ2) is 5.47. The second-order valence-corrected chi connectivity index (χ2v) is 6.87. The Morgan fingerprint density at radius 3 is 2.30 bits per heavy atom. The first kappa shape index (κ1) is 14.9. The molecule has 1 heterocycles. The molecular formula is C12H16N2O5S. The summed E-state index contributed by atoms with van der Waals surface area (Å²) in [5.74, 6) is 0. The Morgan fingerprint density at radius 2 is 1.80 bits per heavy atom. The fraction of sp³-hybridized carbons (Fsp3) is 0.500. The van der Waals surface area contributed by atoms with E-state index in [1.165, 1.54) is 16.4 Å². The maximum atomic E-state index is 12.3. The first-order chi connectivity index (χ1) is 9.33. The number of hydrogen-bond donors (Lipinski definition) is 1. The first-order valence-corrected chi connectivity index (χ1v) is 7.67. The van der Waals surface area contributed by atoms with E-state index in [9.17, 15) is 23.6 Å². The molecule has 1 aliphatic rings. The number of sulfonamides is 1. The molecule has 2 rings (SSSR count). The second-order valence-electron chi connectivity index (χ2n) is 4.93. The van der Waals surface area contributed by atoms with Gasteiger partial charge in [-0.05, 0) is 25.0 Å². The van der Waals surface area contributed by atoms with E-state index in [2.05, 4.69) is 0 Å². The minimum Gasteiger partial charge on any atom is -0.383 e. The van der Waals surface area contributed by atoms with Crippen LogP contribution in [0.5, 0.6) is 0 Å². The summed E-state index contributed by atoms with van der Waals surface area (Å²) in [5, 5.41) is 20.5. The Kier molecular flexibility index (Phi) is 4.07. The zero-order valence-corrected chi connectivity index (χ0v) is 11.6. The predicted octanol–water partition coefficient (Wildman–Crippen LogP) is 0.479. The van der Waals surface area contributed by atoms with Crippen molar-refractivity contribution in [3.05, 3.63) is 40.4 Å². The van der Waals surface area contributed by atoms with Gasteiger partial charge in [-0.1, -0.05) is 18.2 Å². The molecule has 1 aromatic rings. The van der Waals surface area contributed by atoms with Crippen molar-refractivity contribution in [3.8, 4) is 0 Å². The number of aliphatic hydroxyl groups is 1. The van der Waals surface area contributed by atoms with Gasteiger partial charge in [0.25, 0.3) is 0 Å². The number of nitro groups is 1. The Morgan fingerprint density at radius 1 is 1.25 bits per heavy atom. The van der Waals surface area contributed by atoms with Crippen molar-refractivity contribution >= 4 is 10.0 Å². The molecule has 0 amide bonds. The van der Waals surface area contributed by atoms with Crippen LogP contribution in [0.3, 0.4) is 0 Å². The van der Waals surface area contributed by atoms with Gasteiger partial charge < -0.3 is 5.11 Å². The normalized spacial score (nSPS) is 19.6. The molecule has 1 N–H and O–H groups in total. The van der Waals surface area contributed by atoms with Gasteiger partial charge in [0.15, 0.2) is 0 Å². The van der Waals surface area contributed by atoms with Crippen LogP contribution >= 0.6 is 0 Å². The lowest BCUT2D eigenvalue weighted by molar-refractivity contribution is -0.502. The van der Waals surface area contributed by atoms with Crippen LogP contribution in [0.2, 0.25) is 0 Å². The highest BCUT2D eigenvalue weighted by molar-refractivity contribution is 7.89. The summed E-state index contributed by atoms with van der Waals surface area (Å²) < 4.78 is 25.9. The van der Waals surface area contributed by atoms with Gasteiger partial charge in [0.2, 0.25) is 16.6 Å². The maximum absolute atomic E-state index is 12.3. The lowest BCUT2D eigenvalue weighted by atomic mass is 9.93. The van der Waals surface area contributed by atoms with Gasteiger partial charge in [0.05, 0.1) is 4.90 Å². The zero-order valence-electron chi connectivity index (χ0n) is 10.8. The zero-order chi connectivity index (χ0) is 14.8. The average Bonchev–Trinajstić information content (AvgIpc) is 2.39. The number of rotatable bonds is 4. The minimum absolute atomic E-state index is 0.0695. The van der Waals surface area contributed by atoms with E-state index < -0.39 is 27.1 Å². The monoisotopic (exact) mass is 300 g/mol. The number of piperidine rings is 1. The van der Waals surface area contributed by atoms with Crippen molar-refractivity contribution in [2.45, 2.75) is 23.3 Å². The highest BCUT2D eigenvalue weighted by atomic mass is 32.2. The van der Waals surface area contributed by atoms with E-state index in [-0.39, 0.29) is 30.8 Å². The standard InChI is InChI=1S/C12H16N2O5S/c15-12(10-14(16)17)6-8-13(9-7-12)20(18,19)11-4-2-1-3-5-11/h1-5,15H,6-10H2. The van der Waals surface area contributed by atoms with E-state index in [0.717, 1.165) is 0 Å². The molecular weight excluding hydrogens is 284 g/mol. The predicted molar refractivity (Wildman–Crippen MR) is 71.2 cm³/mol. The Balaban J connectivity index is 2.09. The molecule has 0 aromatic heterocycles. The summed E-state index contributed by atoms with van der Waals surface area (Å²) in [6.45, 7) is -0.380. The molecule has 0 spiro atoms. The Bertz CT molecular complexity index is 579. The SMILES string of the molecule is O=[N+]([O-])CC1(O)CCN(S(=O)(=O)c2ccccc2)CC1. The number of nitrogens with zero attached hydrogens (tertiary/aromatic N) is 2. The Labute approximate surface area is 117 Å². The molecule has 0 aliphatic carbocycles. The van der Waals surface area contributed by atoms with Crippen molar-refractivity contribution in [1.82, 2.24) is 4.31 Å². The van der Waals surface area contributed by atoms with E-state index in [4.69, 9.17) is 0 Å². The van der Waals surface area contributed by atoms with Gasteiger partial charge in [-0.25, -0.2) is 8.42 Å². The van der Waals surface area contributed by atoms with Crippen molar-refractivity contribution in [3.63, 3.8) is 0 Å². The van der Waals surface area contributed by atoms with E-state index in [0.29, 0.717) is 0 Å². The third-order valence-corrected chi connectivity index (χ3v) is 5.37. The number of hydrogen-bond acceptors (Lipinski definition) is 5. The fourth-order valence-corrected chi connectivity index (χ4v) is 3.75. The molecule has 1 fully saturated rings. The Hall–Kier alpha value is -1.51. The minimum atomic E-state index is -3.59. The van der Waals surface area contributed by atoms with Gasteiger partial charge in [-0.15, -0.1) is 0 Å². The van der Waals surface area contributed by atoms with Gasteiger partial charge >= 0.3 is 0 Å². The van der Waals surface area contributed by atoms with Gasteiger partial charge in [-0.3, -0.25) is 10.1 Å². The van der Waals surface area contributed by atoms with Crippen LogP contribution in [0.25, 0.3) is 0 Å². The van der Waals surface area contributed by atoms with Crippen LogP contribution in [-0.4, -0.2) is 48.0 Å². The van der Waals surface area contributed by atoms with Crippen molar-refractivity contribution in [2.75, 3.05) is 19.6 Å². The largest absolute Gasteiger partial charge is 0.383 e. The molecule has 1 aliphatic heterocycles. The molecule has 1 aromatic carbocycles. The summed E-state index contributed by atoms with van der Waals surface area (Å²) in [4.78, 5) is 10.1. The maximum Gasteiger partial charge on any atom is 0.243 e. The molecule has 0 atom stereocenters.